The molecule has 1 atom stereocenters. The molecule has 2 aliphatic heterocycles. The first kappa shape index (κ1) is 23.9. The van der Waals surface area contributed by atoms with Crippen LogP contribution in [0.1, 0.15) is 43.5 Å². The summed E-state index contributed by atoms with van der Waals surface area (Å²) in [5.41, 5.74) is 3.58. The van der Waals surface area contributed by atoms with Crippen LogP contribution in [0.3, 0.4) is 0 Å². The van der Waals surface area contributed by atoms with Gasteiger partial charge in [0.1, 0.15) is 19.0 Å². The van der Waals surface area contributed by atoms with E-state index >= 15 is 0 Å². The number of nitrogens with zero attached hydrogens (tertiary/aromatic N) is 1. The Kier molecular flexibility index (Phi) is 5.52. The zero-order valence-electron chi connectivity index (χ0n) is 21.4. The van der Waals surface area contributed by atoms with Gasteiger partial charge in [-0.05, 0) is 34.7 Å². The number of aromatic nitrogens is 1. The Balaban J connectivity index is 1.55. The van der Waals surface area contributed by atoms with Crippen LogP contribution >= 0.6 is 0 Å². The highest BCUT2D eigenvalue weighted by molar-refractivity contribution is 6.51. The fraction of sp³-hybridized carbons (Fsp3) is 0.226. The summed E-state index contributed by atoms with van der Waals surface area (Å²) in [4.78, 5) is 31.7. The van der Waals surface area contributed by atoms with E-state index < -0.39 is 17.7 Å². The lowest BCUT2D eigenvalue weighted by atomic mass is 9.85. The number of Topliss-reactive ketones (excluding diaryl/α,β-unsaturated/α-hetero) is 1. The van der Waals surface area contributed by atoms with Gasteiger partial charge in [0.15, 0.2) is 11.5 Å². The molecular formula is C31H28N2O5. The van der Waals surface area contributed by atoms with E-state index in [1.54, 1.807) is 24.4 Å². The van der Waals surface area contributed by atoms with E-state index in [0.29, 0.717) is 41.5 Å². The van der Waals surface area contributed by atoms with Crippen molar-refractivity contribution in [2.75, 3.05) is 18.1 Å². The van der Waals surface area contributed by atoms with Crippen molar-refractivity contribution in [3.63, 3.8) is 0 Å². The average molecular weight is 509 g/mol. The number of aliphatic hydroxyl groups is 1. The van der Waals surface area contributed by atoms with Gasteiger partial charge >= 0.3 is 0 Å². The van der Waals surface area contributed by atoms with Crippen LogP contribution in [0.2, 0.25) is 0 Å². The number of para-hydroxylation sites is 1. The molecule has 0 aliphatic carbocycles. The van der Waals surface area contributed by atoms with Gasteiger partial charge < -0.3 is 19.6 Å². The standard InChI is InChI=1S/C31H28N2O5/c1-31(2,3)19-10-8-18(9-11-19)27-26(28(34)22-17-32-23-7-5-4-6-21(22)23)29(35)30(36)33(27)20-12-13-24-25(16-20)38-15-14-37-24/h4-13,16-17,27,32,34H,14-15H2,1-3H3/b28-26-. The second-order valence-corrected chi connectivity index (χ2v) is 10.6. The fourth-order valence-corrected chi connectivity index (χ4v) is 5.17. The number of nitrogens with one attached hydrogen (secondary N) is 1. The lowest BCUT2D eigenvalue weighted by Crippen LogP contribution is -2.29. The van der Waals surface area contributed by atoms with Crippen molar-refractivity contribution >= 4 is 34.0 Å². The molecule has 38 heavy (non-hydrogen) atoms. The molecule has 0 spiro atoms. The molecule has 0 saturated carbocycles. The number of rotatable bonds is 3. The monoisotopic (exact) mass is 508 g/mol. The number of carbonyl (C=O) groups excluding carboxylic acids is 2. The molecule has 192 valence electrons. The van der Waals surface area contributed by atoms with E-state index in [9.17, 15) is 14.7 Å². The summed E-state index contributed by atoms with van der Waals surface area (Å²) >= 11 is 0. The summed E-state index contributed by atoms with van der Waals surface area (Å²) in [7, 11) is 0. The highest BCUT2D eigenvalue weighted by atomic mass is 16.6. The fourth-order valence-electron chi connectivity index (χ4n) is 5.17. The van der Waals surface area contributed by atoms with E-state index in [-0.39, 0.29) is 16.7 Å². The number of ether oxygens (including phenoxy) is 2. The van der Waals surface area contributed by atoms with E-state index in [4.69, 9.17) is 9.47 Å². The van der Waals surface area contributed by atoms with E-state index in [1.807, 2.05) is 48.5 Å². The third-order valence-corrected chi connectivity index (χ3v) is 7.19. The van der Waals surface area contributed by atoms with Crippen LogP contribution in [0.25, 0.3) is 16.7 Å². The molecule has 2 N–H and O–H groups in total. The third-order valence-electron chi connectivity index (χ3n) is 7.19. The number of aromatic amines is 1. The van der Waals surface area contributed by atoms with Gasteiger partial charge in [-0.3, -0.25) is 14.5 Å². The Morgan fingerprint density at radius 3 is 2.39 bits per heavy atom. The number of fused-ring (bicyclic) bond motifs is 2. The zero-order chi connectivity index (χ0) is 26.6. The SMILES string of the molecule is CC(C)(C)c1ccc(C2/C(=C(/O)c3c[nH]c4ccccc34)C(=O)C(=O)N2c2ccc3c(c2)OCCO3)cc1. The number of amides is 1. The Morgan fingerprint density at radius 2 is 1.66 bits per heavy atom. The number of aliphatic hydroxyl groups excluding tert-OH is 1. The molecule has 6 rings (SSSR count). The number of anilines is 1. The maximum atomic E-state index is 13.6. The molecule has 3 heterocycles. The van der Waals surface area contributed by atoms with Crippen molar-refractivity contribution in [2.45, 2.75) is 32.2 Å². The summed E-state index contributed by atoms with van der Waals surface area (Å²) in [6, 6.07) is 19.7. The number of benzene rings is 3. The highest BCUT2D eigenvalue weighted by Crippen LogP contribution is 2.45. The average Bonchev–Trinajstić information content (AvgIpc) is 3.46. The maximum Gasteiger partial charge on any atom is 0.300 e. The maximum absolute atomic E-state index is 13.6. The van der Waals surface area contributed by atoms with Gasteiger partial charge in [-0.15, -0.1) is 0 Å². The number of hydrogen-bond donors (Lipinski definition) is 2. The van der Waals surface area contributed by atoms with Gasteiger partial charge in [-0.1, -0.05) is 63.2 Å². The van der Waals surface area contributed by atoms with Crippen LogP contribution in [-0.4, -0.2) is 35.0 Å². The lowest BCUT2D eigenvalue weighted by molar-refractivity contribution is -0.132. The third kappa shape index (κ3) is 3.82. The summed E-state index contributed by atoms with van der Waals surface area (Å²) in [5, 5.41) is 12.3. The minimum Gasteiger partial charge on any atom is -0.507 e. The molecule has 1 unspecified atom stereocenters. The van der Waals surface area contributed by atoms with Crippen molar-refractivity contribution in [2.24, 2.45) is 0 Å². The quantitative estimate of drug-likeness (QED) is 0.205. The van der Waals surface area contributed by atoms with Crippen LogP contribution in [0, 0.1) is 0 Å². The van der Waals surface area contributed by atoms with Gasteiger partial charge in [0.2, 0.25) is 0 Å². The molecule has 1 fully saturated rings. The van der Waals surface area contributed by atoms with Crippen molar-refractivity contribution in [3.05, 3.63) is 95.2 Å². The van der Waals surface area contributed by atoms with E-state index in [1.165, 1.54) is 4.90 Å². The minimum absolute atomic E-state index is 0.0400. The van der Waals surface area contributed by atoms with E-state index in [0.717, 1.165) is 16.5 Å². The topological polar surface area (TPSA) is 91.9 Å². The smallest absolute Gasteiger partial charge is 0.300 e. The molecule has 4 aromatic rings. The first-order valence-electron chi connectivity index (χ1n) is 12.6. The predicted molar refractivity (Wildman–Crippen MR) is 146 cm³/mol. The van der Waals surface area contributed by atoms with Crippen LogP contribution in [-0.2, 0) is 15.0 Å². The Labute approximate surface area is 220 Å². The lowest BCUT2D eigenvalue weighted by Gasteiger charge is -2.28. The molecule has 1 saturated heterocycles. The number of carbonyl (C=O) groups is 2. The first-order valence-corrected chi connectivity index (χ1v) is 12.6. The van der Waals surface area contributed by atoms with Crippen molar-refractivity contribution in [1.82, 2.24) is 4.98 Å². The van der Waals surface area contributed by atoms with Crippen LogP contribution < -0.4 is 14.4 Å². The second kappa shape index (κ2) is 8.80. The van der Waals surface area contributed by atoms with Gasteiger partial charge in [-0.25, -0.2) is 0 Å². The molecule has 1 aromatic heterocycles. The molecule has 0 bridgehead atoms. The molecule has 3 aromatic carbocycles. The number of ketones is 1. The van der Waals surface area contributed by atoms with Gasteiger partial charge in [0.25, 0.3) is 11.7 Å². The summed E-state index contributed by atoms with van der Waals surface area (Å²) in [6.07, 6.45) is 1.66. The summed E-state index contributed by atoms with van der Waals surface area (Å²) in [6.45, 7) is 7.22. The molecular weight excluding hydrogens is 480 g/mol. The molecule has 0 radical (unpaired) electrons. The molecule has 7 heteroatoms. The Bertz CT molecular complexity index is 1610. The van der Waals surface area contributed by atoms with Crippen molar-refractivity contribution in [3.8, 4) is 11.5 Å². The van der Waals surface area contributed by atoms with Crippen molar-refractivity contribution in [1.29, 1.82) is 0 Å². The van der Waals surface area contributed by atoms with Gasteiger partial charge in [-0.2, -0.15) is 0 Å². The highest BCUT2D eigenvalue weighted by Gasteiger charge is 2.47. The molecule has 7 nitrogen and oxygen atoms in total. The Morgan fingerprint density at radius 1 is 0.947 bits per heavy atom. The summed E-state index contributed by atoms with van der Waals surface area (Å²) < 4.78 is 11.4. The van der Waals surface area contributed by atoms with Crippen LogP contribution in [0.15, 0.2) is 78.5 Å². The number of hydrogen-bond acceptors (Lipinski definition) is 5. The zero-order valence-corrected chi connectivity index (χ0v) is 21.4. The second-order valence-electron chi connectivity index (χ2n) is 10.6. The molecule has 2 aliphatic rings. The van der Waals surface area contributed by atoms with Crippen LogP contribution in [0.4, 0.5) is 5.69 Å². The largest absolute Gasteiger partial charge is 0.507 e. The van der Waals surface area contributed by atoms with E-state index in [2.05, 4.69) is 25.8 Å². The Hall–Kier alpha value is -4.52. The first-order chi connectivity index (χ1) is 18.2. The predicted octanol–water partition coefficient (Wildman–Crippen LogP) is 5.86. The van der Waals surface area contributed by atoms with Gasteiger partial charge in [0, 0.05) is 34.4 Å². The van der Waals surface area contributed by atoms with Gasteiger partial charge in [0.05, 0.1) is 11.6 Å². The summed E-state index contributed by atoms with van der Waals surface area (Å²) in [5.74, 6) is -0.582. The number of H-pyrrole nitrogens is 1. The van der Waals surface area contributed by atoms with Crippen molar-refractivity contribution < 1.29 is 24.2 Å². The minimum atomic E-state index is -0.833. The molecule has 1 amide bonds. The van der Waals surface area contributed by atoms with Crippen LogP contribution in [0.5, 0.6) is 11.5 Å². The normalized spacial score (nSPS) is 18.8.